The van der Waals surface area contributed by atoms with Gasteiger partial charge in [-0.1, -0.05) is 62.2 Å². The molecule has 0 unspecified atom stereocenters. The smallest absolute Gasteiger partial charge is 0.338 e. The van der Waals surface area contributed by atoms with Crippen LogP contribution in [0, 0.1) is 28.4 Å². The van der Waals surface area contributed by atoms with Gasteiger partial charge in [-0.2, -0.15) is 5.26 Å². The van der Waals surface area contributed by atoms with Crippen LogP contribution in [0.3, 0.4) is 0 Å². The average molecular weight is 768 g/mol. The van der Waals surface area contributed by atoms with Crippen LogP contribution in [0.25, 0.3) is 0 Å². The van der Waals surface area contributed by atoms with E-state index in [0.717, 1.165) is 6.07 Å². The van der Waals surface area contributed by atoms with Crippen LogP contribution in [0.5, 0.6) is 5.75 Å². The molecule has 1 fully saturated rings. The molecule has 15 heteroatoms. The fraction of sp³-hybridized carbons (Fsp3) is 0.389. The number of esters is 2. The minimum atomic E-state index is -1.81. The lowest BCUT2D eigenvalue weighted by Gasteiger charge is -2.37. The van der Waals surface area contributed by atoms with Crippen molar-refractivity contribution in [3.05, 3.63) is 93.0 Å². The molecule has 3 aromatic carbocycles. The monoisotopic (exact) mass is 766 g/mol. The Morgan fingerprint density at radius 3 is 2.37 bits per heavy atom. The van der Waals surface area contributed by atoms with Gasteiger partial charge in [-0.3, -0.25) is 9.59 Å². The molecule has 0 saturated carbocycles. The maximum absolute atomic E-state index is 16.0. The molecule has 10 nitrogen and oxygen atoms in total. The molecule has 274 valence electrons. The number of hydrogen-bond donors (Lipinski definition) is 3. The third kappa shape index (κ3) is 9.28. The highest BCUT2D eigenvalue weighted by molar-refractivity contribution is 6.31. The van der Waals surface area contributed by atoms with Crippen LogP contribution in [-0.4, -0.2) is 63.8 Å². The molecule has 51 heavy (non-hydrogen) atoms. The number of anilines is 1. The lowest BCUT2D eigenvalue weighted by Crippen LogP contribution is -2.45. The molecule has 0 bridgehead atoms. The summed E-state index contributed by atoms with van der Waals surface area (Å²) in [5, 5.41) is 19.6. The zero-order valence-corrected chi connectivity index (χ0v) is 30.9. The highest BCUT2D eigenvalue weighted by atomic mass is 35.5. The van der Waals surface area contributed by atoms with Crippen LogP contribution in [0.2, 0.25) is 10.0 Å². The second-order valence-electron chi connectivity index (χ2n) is 13.0. The number of likely N-dealkylation sites (N-methyl/N-ethyl adjacent to an activating group) is 1. The molecule has 1 amide bonds. The summed E-state index contributed by atoms with van der Waals surface area (Å²) in [5.74, 6) is -4.73. The third-order valence-electron chi connectivity index (χ3n) is 8.33. The van der Waals surface area contributed by atoms with Crippen molar-refractivity contribution in [3.63, 3.8) is 0 Å². The highest BCUT2D eigenvalue weighted by Gasteiger charge is 2.61. The van der Waals surface area contributed by atoms with Gasteiger partial charge in [0.2, 0.25) is 5.91 Å². The molecule has 4 atom stereocenters. The molecule has 1 aliphatic heterocycles. The zero-order valence-electron chi connectivity index (χ0n) is 28.6. The Labute approximate surface area is 311 Å². The quantitative estimate of drug-likeness (QED) is 0.138. The van der Waals surface area contributed by atoms with Gasteiger partial charge in [-0.15, -0.1) is 12.4 Å². The summed E-state index contributed by atoms with van der Waals surface area (Å²) in [4.78, 5) is 38.5. The van der Waals surface area contributed by atoms with E-state index >= 15 is 8.78 Å². The fourth-order valence-electron chi connectivity index (χ4n) is 6.26. The Balaban J connectivity index is 0.00000702. The Bertz CT molecular complexity index is 1800. The van der Waals surface area contributed by atoms with Crippen molar-refractivity contribution < 1.29 is 37.4 Å². The van der Waals surface area contributed by atoms with E-state index in [-0.39, 0.29) is 70.3 Å². The number of hydrogen-bond acceptors (Lipinski definition) is 9. The minimum Gasteiger partial charge on any atom is -0.495 e. The molecule has 4 rings (SSSR count). The molecule has 1 heterocycles. The summed E-state index contributed by atoms with van der Waals surface area (Å²) >= 11 is 12.3. The summed E-state index contributed by atoms with van der Waals surface area (Å²) in [7, 11) is 2.93. The molecular formula is C36H39Cl3F2N4O6. The number of carbonyl (C=O) groups is 3. The van der Waals surface area contributed by atoms with Gasteiger partial charge < -0.3 is 30.2 Å². The van der Waals surface area contributed by atoms with Crippen LogP contribution in [0.4, 0.5) is 14.5 Å². The molecule has 1 saturated heterocycles. The van der Waals surface area contributed by atoms with Crippen LogP contribution in [-0.2, 0) is 24.5 Å². The first-order chi connectivity index (χ1) is 23.7. The van der Waals surface area contributed by atoms with Crippen LogP contribution >= 0.6 is 35.6 Å². The number of amides is 1. The highest BCUT2D eigenvalue weighted by Crippen LogP contribution is 2.53. The van der Waals surface area contributed by atoms with Gasteiger partial charge >= 0.3 is 11.9 Å². The topological polar surface area (TPSA) is 139 Å². The second kappa shape index (κ2) is 17.5. The summed E-state index contributed by atoms with van der Waals surface area (Å²) in [6.45, 7) is 5.49. The van der Waals surface area contributed by atoms with Crippen molar-refractivity contribution in [1.82, 2.24) is 10.6 Å². The molecule has 0 aromatic heterocycles. The van der Waals surface area contributed by atoms with E-state index in [2.05, 4.69) is 22.0 Å². The number of nitrogens with zero attached hydrogens (tertiary/aromatic N) is 1. The largest absolute Gasteiger partial charge is 0.495 e. The first kappa shape index (κ1) is 41.4. The SMILES string of the molecule is CNCC(=O)OCCOC(=O)c1ccc(NC(=O)[C@@H]2N[C@@H](CC(C)(C)C)[C@](C#N)(c3ccc(Cl)cc3F)[C@H]2c2cccc(Cl)c2F)c(OC)c1.Cl. The van der Waals surface area contributed by atoms with E-state index in [4.69, 9.17) is 37.4 Å². The minimum absolute atomic E-state index is 0. The maximum Gasteiger partial charge on any atom is 0.338 e. The van der Waals surface area contributed by atoms with E-state index in [1.165, 1.54) is 55.6 Å². The first-order valence-corrected chi connectivity index (χ1v) is 16.5. The predicted octanol–water partition coefficient (Wildman–Crippen LogP) is 6.58. The van der Waals surface area contributed by atoms with Crippen molar-refractivity contribution in [3.8, 4) is 11.8 Å². The van der Waals surface area contributed by atoms with E-state index in [9.17, 15) is 19.6 Å². The molecule has 3 aromatic rings. The Morgan fingerprint density at radius 1 is 1.04 bits per heavy atom. The summed E-state index contributed by atoms with van der Waals surface area (Å²) < 4.78 is 47.4. The molecule has 0 aliphatic carbocycles. The van der Waals surface area contributed by atoms with Gasteiger partial charge in [-0.25, -0.2) is 13.6 Å². The Morgan fingerprint density at radius 2 is 1.75 bits per heavy atom. The summed E-state index contributed by atoms with van der Waals surface area (Å²) in [6, 6.07) is 12.5. The number of nitrogens with one attached hydrogen (secondary N) is 3. The van der Waals surface area contributed by atoms with Gasteiger partial charge in [0.15, 0.2) is 0 Å². The van der Waals surface area contributed by atoms with Crippen molar-refractivity contribution in [2.24, 2.45) is 5.41 Å². The van der Waals surface area contributed by atoms with Gasteiger partial charge in [0.1, 0.15) is 36.0 Å². The number of halogens is 5. The van der Waals surface area contributed by atoms with Crippen molar-refractivity contribution >= 4 is 59.1 Å². The Kier molecular flexibility index (Phi) is 14.2. The average Bonchev–Trinajstić information content (AvgIpc) is 3.37. The summed E-state index contributed by atoms with van der Waals surface area (Å²) in [5.41, 5.74) is -2.10. The zero-order chi connectivity index (χ0) is 36.8. The molecule has 3 N–H and O–H groups in total. The van der Waals surface area contributed by atoms with E-state index in [0.29, 0.717) is 6.42 Å². The van der Waals surface area contributed by atoms with Gasteiger partial charge in [0.05, 0.1) is 42.0 Å². The number of methoxy groups -OCH3 is 1. The van der Waals surface area contributed by atoms with Crippen LogP contribution in [0.1, 0.15) is 54.6 Å². The lowest BCUT2D eigenvalue weighted by molar-refractivity contribution is -0.143. The normalized spacial score (nSPS) is 19.7. The molecule has 1 aliphatic rings. The molecule has 0 spiro atoms. The number of carbonyl (C=O) groups excluding carboxylic acids is 3. The van der Waals surface area contributed by atoms with Crippen molar-refractivity contribution in [2.75, 3.05) is 39.2 Å². The fourth-order valence-corrected chi connectivity index (χ4v) is 6.60. The predicted molar refractivity (Wildman–Crippen MR) is 192 cm³/mol. The molecule has 0 radical (unpaired) electrons. The molecular weight excluding hydrogens is 729 g/mol. The van der Waals surface area contributed by atoms with Crippen LogP contribution in [0.15, 0.2) is 54.6 Å². The number of ether oxygens (including phenoxy) is 3. The van der Waals surface area contributed by atoms with Crippen molar-refractivity contribution in [2.45, 2.75) is 50.6 Å². The standard InChI is InChI=1S/C36H38Cl2F2N4O6.ClH/c1-35(2,3)17-28-36(19-41,23-11-10-21(37)16-25(23)39)30(22-7-6-8-24(38)31(22)40)32(44-28)33(46)43-26-12-9-20(15-27(26)48-5)34(47)50-14-13-49-29(45)18-42-4;/h6-12,15-16,28,30,32,42,44H,13-14,17-18H2,1-5H3,(H,43,46);1H/t28-,30-,32+,36-;/m0./s1. The Hall–Kier alpha value is -3.99. The van der Waals surface area contributed by atoms with Gasteiger partial charge in [0, 0.05) is 22.5 Å². The number of benzene rings is 3. The summed E-state index contributed by atoms with van der Waals surface area (Å²) in [6.07, 6.45) is 0.292. The van der Waals surface area contributed by atoms with E-state index in [1.807, 2.05) is 20.8 Å². The van der Waals surface area contributed by atoms with E-state index < -0.39 is 58.3 Å². The third-order valence-corrected chi connectivity index (χ3v) is 8.85. The van der Waals surface area contributed by atoms with Crippen LogP contribution < -0.4 is 20.7 Å². The van der Waals surface area contributed by atoms with Gasteiger partial charge in [0.25, 0.3) is 0 Å². The number of rotatable bonds is 12. The second-order valence-corrected chi connectivity index (χ2v) is 13.8. The lowest BCUT2D eigenvalue weighted by atomic mass is 9.62. The first-order valence-electron chi connectivity index (χ1n) is 15.7. The van der Waals surface area contributed by atoms with Crippen molar-refractivity contribution in [1.29, 1.82) is 5.26 Å². The number of nitriles is 1. The maximum atomic E-state index is 16.0. The van der Waals surface area contributed by atoms with Gasteiger partial charge in [-0.05, 0) is 60.8 Å². The van der Waals surface area contributed by atoms with E-state index in [1.54, 1.807) is 7.05 Å².